The summed E-state index contributed by atoms with van der Waals surface area (Å²) in [4.78, 5) is 17.0. The summed E-state index contributed by atoms with van der Waals surface area (Å²) in [7, 11) is 0. The average molecular weight is 1520 g/mol. The predicted octanol–water partition coefficient (Wildman–Crippen LogP) is 29.3. The van der Waals surface area contributed by atoms with Crippen LogP contribution in [0.1, 0.15) is 0 Å². The molecule has 0 aliphatic heterocycles. The minimum atomic E-state index is 0.658. The van der Waals surface area contributed by atoms with E-state index < -0.39 is 0 Å². The molecule has 8 nitrogen and oxygen atoms in total. The predicted molar refractivity (Wildman–Crippen MR) is 498 cm³/mol. The summed E-state index contributed by atoms with van der Waals surface area (Å²) in [5.74, 6) is 1.99. The third-order valence-electron chi connectivity index (χ3n) is 24.3. The monoisotopic (exact) mass is 1510 g/mol. The Kier molecular flexibility index (Phi) is 15.5. The van der Waals surface area contributed by atoms with Gasteiger partial charge < -0.3 is 22.7 Å². The van der Waals surface area contributed by atoms with Crippen molar-refractivity contribution in [3.63, 3.8) is 0 Å². The summed E-state index contributed by atoms with van der Waals surface area (Å²) in [6.07, 6.45) is 0. The molecule has 8 heterocycles. The topological polar surface area (TPSA) is 60.1 Å². The van der Waals surface area contributed by atoms with E-state index in [-0.39, 0.29) is 0 Å². The highest BCUT2D eigenvalue weighted by atomic mass is 15.1. The maximum absolute atomic E-state index is 4.90. The number of aromatic nitrogens is 7. The number of para-hydroxylation sites is 8. The molecule has 0 amide bonds. The van der Waals surface area contributed by atoms with Crippen LogP contribution in [0.2, 0.25) is 0 Å². The fourth-order valence-corrected chi connectivity index (χ4v) is 19.0. The molecule has 0 atom stereocenters. The van der Waals surface area contributed by atoms with Crippen LogP contribution in [-0.4, -0.2) is 32.7 Å². The van der Waals surface area contributed by atoms with Gasteiger partial charge in [-0.05, 0) is 143 Å². The smallest absolute Gasteiger partial charge is 0.164 e. The summed E-state index contributed by atoms with van der Waals surface area (Å²) in [6.45, 7) is 0. The van der Waals surface area contributed by atoms with Gasteiger partial charge in [-0.1, -0.05) is 315 Å². The number of hydrogen-bond acceptors (Lipinski definition) is 4. The van der Waals surface area contributed by atoms with Crippen molar-refractivity contribution in [2.24, 2.45) is 0 Å². The van der Waals surface area contributed by atoms with Crippen LogP contribution in [0.3, 0.4) is 0 Å². The molecule has 554 valence electrons. The van der Waals surface area contributed by atoms with Gasteiger partial charge in [-0.25, -0.2) is 15.0 Å². The summed E-state index contributed by atoms with van der Waals surface area (Å²) < 4.78 is 9.69. The van der Waals surface area contributed by atoms with E-state index in [4.69, 9.17) is 15.0 Å². The number of hydrogen-bond donors (Lipinski definition) is 0. The Balaban J connectivity index is 0.000000103. The van der Waals surface area contributed by atoms with Crippen LogP contribution in [0.15, 0.2) is 425 Å². The first-order chi connectivity index (χ1) is 59.0. The van der Waals surface area contributed by atoms with E-state index in [1.165, 1.54) is 170 Å². The van der Waals surface area contributed by atoms with Gasteiger partial charge in [0.25, 0.3) is 0 Å². The summed E-state index contributed by atoms with van der Waals surface area (Å²) in [5, 5.41) is 18.1. The minimum Gasteiger partial charge on any atom is -0.310 e. The van der Waals surface area contributed by atoms with Crippen LogP contribution in [-0.2, 0) is 0 Å². The first-order valence-electron chi connectivity index (χ1n) is 40.6. The molecule has 26 rings (SSSR count). The van der Waals surface area contributed by atoms with E-state index in [2.05, 4.69) is 387 Å². The quantitative estimate of drug-likeness (QED) is 0.137. The average Bonchev–Trinajstić information content (AvgIpc) is 1.56. The van der Waals surface area contributed by atoms with Crippen LogP contribution in [0.5, 0.6) is 0 Å². The molecule has 26 aromatic rings. The van der Waals surface area contributed by atoms with Crippen molar-refractivity contribution >= 4 is 153 Å². The third kappa shape index (κ3) is 10.9. The Morgan fingerprint density at radius 3 is 0.815 bits per heavy atom. The van der Waals surface area contributed by atoms with Gasteiger partial charge in [0.1, 0.15) is 0 Å². The highest BCUT2D eigenvalue weighted by Gasteiger charge is 2.25. The van der Waals surface area contributed by atoms with Crippen molar-refractivity contribution in [1.29, 1.82) is 0 Å². The number of benzene rings is 18. The minimum absolute atomic E-state index is 0.658. The highest BCUT2D eigenvalue weighted by Crippen LogP contribution is 2.48. The van der Waals surface area contributed by atoms with Crippen molar-refractivity contribution in [1.82, 2.24) is 32.7 Å². The Hall–Kier alpha value is -16.0. The van der Waals surface area contributed by atoms with Gasteiger partial charge in [0.2, 0.25) is 0 Å². The van der Waals surface area contributed by atoms with Crippen molar-refractivity contribution in [3.8, 4) is 73.2 Å². The summed E-state index contributed by atoms with van der Waals surface area (Å²) in [6, 6.07) is 152. The molecule has 0 aliphatic rings. The molecule has 0 spiro atoms. The van der Waals surface area contributed by atoms with Gasteiger partial charge in [0.05, 0.1) is 60.7 Å². The van der Waals surface area contributed by atoms with Gasteiger partial charge in [0, 0.05) is 115 Å². The summed E-state index contributed by atoms with van der Waals surface area (Å²) >= 11 is 0. The zero-order valence-electron chi connectivity index (χ0n) is 64.5. The maximum atomic E-state index is 4.90. The Labute approximate surface area is 684 Å². The second kappa shape index (κ2) is 27.3. The molecule has 119 heavy (non-hydrogen) atoms. The molecule has 8 aromatic heterocycles. The molecular formula is C111H70N8. The Bertz CT molecular complexity index is 8020. The largest absolute Gasteiger partial charge is 0.310 e. The van der Waals surface area contributed by atoms with Crippen molar-refractivity contribution in [3.05, 3.63) is 425 Å². The number of fused-ring (bicyclic) bond motifs is 21. The third-order valence-corrected chi connectivity index (χ3v) is 24.3. The lowest BCUT2D eigenvalue weighted by Gasteiger charge is -2.26. The Morgan fingerprint density at radius 1 is 0.160 bits per heavy atom. The van der Waals surface area contributed by atoms with Gasteiger partial charge in [-0.15, -0.1) is 0 Å². The van der Waals surface area contributed by atoms with Crippen LogP contribution in [0, 0.1) is 0 Å². The van der Waals surface area contributed by atoms with Crippen molar-refractivity contribution in [2.75, 3.05) is 4.90 Å². The first-order valence-corrected chi connectivity index (χ1v) is 40.6. The van der Waals surface area contributed by atoms with E-state index in [0.29, 0.717) is 17.5 Å². The van der Waals surface area contributed by atoms with E-state index in [1.54, 1.807) is 0 Å². The van der Waals surface area contributed by atoms with E-state index in [9.17, 15) is 0 Å². The van der Waals surface area contributed by atoms with Gasteiger partial charge in [-0.3, -0.25) is 0 Å². The first kappa shape index (κ1) is 67.5. The molecule has 0 bridgehead atoms. The highest BCUT2D eigenvalue weighted by molar-refractivity contribution is 6.27. The lowest BCUT2D eigenvalue weighted by molar-refractivity contribution is 1.07. The molecule has 18 aromatic carbocycles. The number of rotatable bonds is 10. The molecule has 0 radical (unpaired) electrons. The molecule has 0 N–H and O–H groups in total. The maximum Gasteiger partial charge on any atom is 0.164 e. The van der Waals surface area contributed by atoms with Gasteiger partial charge >= 0.3 is 0 Å². The molecule has 0 saturated heterocycles. The Morgan fingerprint density at radius 2 is 0.420 bits per heavy atom. The van der Waals surface area contributed by atoms with Crippen LogP contribution >= 0.6 is 0 Å². The van der Waals surface area contributed by atoms with E-state index >= 15 is 0 Å². The van der Waals surface area contributed by atoms with Crippen LogP contribution < -0.4 is 4.90 Å². The molecule has 0 saturated carbocycles. The summed E-state index contributed by atoms with van der Waals surface area (Å²) in [5.41, 5.74) is 28.6. The molecule has 0 unspecified atom stereocenters. The van der Waals surface area contributed by atoms with Gasteiger partial charge in [0.15, 0.2) is 17.5 Å². The van der Waals surface area contributed by atoms with Crippen LogP contribution in [0.25, 0.3) is 209 Å². The fourth-order valence-electron chi connectivity index (χ4n) is 19.0. The standard InChI is InChI=1S/C42H28N2.C39H24N4.C30H18N2/c1-3-11-29(12-4-1)31-19-23-33(24-20-31)43(34-25-21-32(22-26-34)30-13-5-2-6-14-30)35-27-38-36-15-7-9-17-40(36)44-41-18-10-8-16-37(41)39(28-35)42(38)44;1-3-11-26(12-4-1)37-40-38(27-13-5-2-6-14-27)42-39(41-37)28-21-19-25(20-22-28)29-23-32-30-15-7-9-17-34(30)43-35-18-10-8-16-31(35)33(24-29)36(32)43;1-4-13-26-20(8-1)21-9-2-5-14-27(21)31(26)19-16-17-29-25(18-19)24-12-7-11-23-22-10-3-6-15-28(22)32(29)30(23)24/h1-28H;1-24H;1-18H. The number of nitrogens with zero attached hydrogens (tertiary/aromatic N) is 8. The normalized spacial score (nSPS) is 11.9. The lowest BCUT2D eigenvalue weighted by atomic mass is 9.98. The lowest BCUT2D eigenvalue weighted by Crippen LogP contribution is -2.10. The van der Waals surface area contributed by atoms with Crippen molar-refractivity contribution in [2.45, 2.75) is 0 Å². The fraction of sp³-hybridized carbons (Fsp3) is 0. The van der Waals surface area contributed by atoms with Crippen molar-refractivity contribution < 1.29 is 0 Å². The molecular weight excluding hydrogens is 1450 g/mol. The molecule has 0 aliphatic carbocycles. The zero-order chi connectivity index (χ0) is 78.2. The molecule has 0 fully saturated rings. The van der Waals surface area contributed by atoms with Crippen LogP contribution in [0.4, 0.5) is 17.1 Å². The van der Waals surface area contributed by atoms with E-state index in [1.807, 2.05) is 60.7 Å². The van der Waals surface area contributed by atoms with E-state index in [0.717, 1.165) is 39.3 Å². The SMILES string of the molecule is c1ccc(-c2ccc(N(c3ccc(-c4ccccc4)cc3)c3cc4c5ccccc5n5c6ccccc6c(c3)c45)cc2)cc1.c1ccc(-c2nc(-c3ccccc3)nc(-c3ccc(-c4cc5c6ccccc6n6c7ccccc7c(c4)c56)cc3)n2)cc1.c1ccc2c(c1)c1ccccc1n2-c1ccc2c(c1)c1cccc3c4ccccc4n2c31. The number of anilines is 3. The zero-order valence-corrected chi connectivity index (χ0v) is 64.5. The second-order valence-electron chi connectivity index (χ2n) is 31.0. The molecule has 8 heteroatoms. The van der Waals surface area contributed by atoms with Gasteiger partial charge in [-0.2, -0.15) is 0 Å². The second-order valence-corrected chi connectivity index (χ2v) is 31.0.